The van der Waals surface area contributed by atoms with Gasteiger partial charge < -0.3 is 4.74 Å². The van der Waals surface area contributed by atoms with Gasteiger partial charge in [-0.3, -0.25) is 0 Å². The van der Waals surface area contributed by atoms with Crippen LogP contribution in [-0.4, -0.2) is 12.7 Å². The lowest BCUT2D eigenvalue weighted by atomic mass is 9.75. The SMILES string of the molecule is C=CCOC1CCC(CCC2CCC(CCc3cc(F)c(C#N)c(F)c3)CC2)CC1. The predicted molar refractivity (Wildman–Crippen MR) is 116 cm³/mol. The minimum Gasteiger partial charge on any atom is -0.374 e. The molecule has 0 radical (unpaired) electrons. The van der Waals surface area contributed by atoms with Gasteiger partial charge in [-0.15, -0.1) is 6.58 Å². The number of hydrogen-bond acceptors (Lipinski definition) is 2. The van der Waals surface area contributed by atoms with Crippen LogP contribution in [0.15, 0.2) is 24.8 Å². The molecular formula is C26H35F2NO. The van der Waals surface area contributed by atoms with Gasteiger partial charge in [0.25, 0.3) is 0 Å². The maximum Gasteiger partial charge on any atom is 0.144 e. The molecule has 0 N–H and O–H groups in total. The number of aryl methyl sites for hydroxylation is 1. The minimum absolute atomic E-state index is 0.438. The summed E-state index contributed by atoms with van der Waals surface area (Å²) in [6.45, 7) is 4.40. The molecule has 0 heterocycles. The molecule has 0 aliphatic heterocycles. The van der Waals surface area contributed by atoms with E-state index >= 15 is 0 Å². The van der Waals surface area contributed by atoms with Crippen molar-refractivity contribution >= 4 is 0 Å². The van der Waals surface area contributed by atoms with Crippen molar-refractivity contribution in [3.05, 3.63) is 47.5 Å². The van der Waals surface area contributed by atoms with Crippen molar-refractivity contribution in [2.24, 2.45) is 17.8 Å². The Hall–Kier alpha value is -1.73. The van der Waals surface area contributed by atoms with Gasteiger partial charge in [-0.25, -0.2) is 8.78 Å². The molecule has 2 aliphatic carbocycles. The third-order valence-corrected chi connectivity index (χ3v) is 7.25. The van der Waals surface area contributed by atoms with Gasteiger partial charge in [-0.1, -0.05) is 44.6 Å². The summed E-state index contributed by atoms with van der Waals surface area (Å²) in [5.74, 6) is 0.892. The number of rotatable bonds is 9. The molecule has 164 valence electrons. The van der Waals surface area contributed by atoms with Gasteiger partial charge in [0.1, 0.15) is 23.3 Å². The second-order valence-corrected chi connectivity index (χ2v) is 9.31. The predicted octanol–water partition coefficient (Wildman–Crippen LogP) is 7.12. The zero-order chi connectivity index (χ0) is 21.3. The molecule has 2 saturated carbocycles. The highest BCUT2D eigenvalue weighted by molar-refractivity contribution is 5.35. The molecule has 0 aromatic heterocycles. The molecule has 4 heteroatoms. The van der Waals surface area contributed by atoms with E-state index in [1.54, 1.807) is 6.07 Å². The Morgan fingerprint density at radius 1 is 0.900 bits per heavy atom. The van der Waals surface area contributed by atoms with Gasteiger partial charge in [0.2, 0.25) is 0 Å². The van der Waals surface area contributed by atoms with E-state index < -0.39 is 17.2 Å². The van der Waals surface area contributed by atoms with E-state index in [0.717, 1.165) is 18.3 Å². The van der Waals surface area contributed by atoms with Gasteiger partial charge in [0, 0.05) is 0 Å². The molecule has 3 rings (SSSR count). The maximum absolute atomic E-state index is 13.8. The lowest BCUT2D eigenvalue weighted by molar-refractivity contribution is 0.0326. The van der Waals surface area contributed by atoms with Crippen molar-refractivity contribution in [1.82, 2.24) is 0 Å². The number of halogens is 2. The van der Waals surface area contributed by atoms with Crippen LogP contribution in [0.25, 0.3) is 0 Å². The van der Waals surface area contributed by atoms with Gasteiger partial charge in [0.15, 0.2) is 0 Å². The van der Waals surface area contributed by atoms with Gasteiger partial charge in [-0.05, 0) is 74.0 Å². The van der Waals surface area contributed by atoms with Crippen LogP contribution in [-0.2, 0) is 11.2 Å². The molecule has 0 unspecified atom stereocenters. The van der Waals surface area contributed by atoms with Crippen LogP contribution in [0, 0.1) is 40.7 Å². The van der Waals surface area contributed by atoms with Crippen LogP contribution in [0.4, 0.5) is 8.78 Å². The Labute approximate surface area is 180 Å². The van der Waals surface area contributed by atoms with Crippen LogP contribution in [0.2, 0.25) is 0 Å². The van der Waals surface area contributed by atoms with E-state index in [2.05, 4.69) is 6.58 Å². The lowest BCUT2D eigenvalue weighted by Crippen LogP contribution is -2.22. The summed E-state index contributed by atoms with van der Waals surface area (Å²) in [6, 6.07) is 4.23. The molecule has 1 aromatic rings. The Balaban J connectivity index is 1.32. The van der Waals surface area contributed by atoms with E-state index in [1.165, 1.54) is 76.3 Å². The van der Waals surface area contributed by atoms with Crippen LogP contribution in [0.3, 0.4) is 0 Å². The summed E-state index contributed by atoms with van der Waals surface area (Å²) in [5.41, 5.74) is 0.191. The largest absolute Gasteiger partial charge is 0.374 e. The van der Waals surface area contributed by atoms with E-state index in [-0.39, 0.29) is 0 Å². The van der Waals surface area contributed by atoms with Crippen molar-refractivity contribution in [2.45, 2.75) is 83.2 Å². The van der Waals surface area contributed by atoms with Gasteiger partial charge in [-0.2, -0.15) is 5.26 Å². The topological polar surface area (TPSA) is 33.0 Å². The number of benzene rings is 1. The van der Waals surface area contributed by atoms with Crippen molar-refractivity contribution in [3.63, 3.8) is 0 Å². The Morgan fingerprint density at radius 3 is 1.90 bits per heavy atom. The molecular weight excluding hydrogens is 380 g/mol. The molecule has 0 spiro atoms. The molecule has 0 amide bonds. The number of ether oxygens (including phenoxy) is 1. The summed E-state index contributed by atoms with van der Waals surface area (Å²) < 4.78 is 33.3. The molecule has 2 fully saturated rings. The van der Waals surface area contributed by atoms with Gasteiger partial charge in [0.05, 0.1) is 12.7 Å². The van der Waals surface area contributed by atoms with Crippen molar-refractivity contribution in [3.8, 4) is 6.07 Å². The summed E-state index contributed by atoms with van der Waals surface area (Å²) in [7, 11) is 0. The summed E-state index contributed by atoms with van der Waals surface area (Å²) >= 11 is 0. The van der Waals surface area contributed by atoms with E-state index in [0.29, 0.717) is 30.6 Å². The zero-order valence-corrected chi connectivity index (χ0v) is 18.1. The lowest BCUT2D eigenvalue weighted by Gasteiger charge is -2.32. The fourth-order valence-electron chi connectivity index (χ4n) is 5.32. The van der Waals surface area contributed by atoms with E-state index in [1.807, 2.05) is 6.08 Å². The molecule has 2 nitrogen and oxygen atoms in total. The zero-order valence-electron chi connectivity index (χ0n) is 18.1. The summed E-state index contributed by atoms with van der Waals surface area (Å²) in [4.78, 5) is 0. The Kier molecular flexibility index (Phi) is 8.88. The third-order valence-electron chi connectivity index (χ3n) is 7.25. The number of hydrogen-bond donors (Lipinski definition) is 0. The van der Waals surface area contributed by atoms with Crippen LogP contribution >= 0.6 is 0 Å². The first-order chi connectivity index (χ1) is 14.6. The van der Waals surface area contributed by atoms with Crippen LogP contribution in [0.1, 0.15) is 81.8 Å². The highest BCUT2D eigenvalue weighted by Crippen LogP contribution is 2.37. The molecule has 0 saturated heterocycles. The highest BCUT2D eigenvalue weighted by Gasteiger charge is 2.25. The second kappa shape index (κ2) is 11.6. The Morgan fingerprint density at radius 2 is 1.40 bits per heavy atom. The Bertz CT molecular complexity index is 702. The first-order valence-corrected chi connectivity index (χ1v) is 11.7. The summed E-state index contributed by atoms with van der Waals surface area (Å²) in [6.07, 6.45) is 16.7. The third kappa shape index (κ3) is 6.64. The number of nitrogens with zero attached hydrogens (tertiary/aromatic N) is 1. The molecule has 30 heavy (non-hydrogen) atoms. The van der Waals surface area contributed by atoms with Crippen molar-refractivity contribution < 1.29 is 13.5 Å². The maximum atomic E-state index is 13.8. The summed E-state index contributed by atoms with van der Waals surface area (Å²) in [5, 5.41) is 8.78. The monoisotopic (exact) mass is 415 g/mol. The average molecular weight is 416 g/mol. The van der Waals surface area contributed by atoms with E-state index in [4.69, 9.17) is 10.00 Å². The number of nitriles is 1. The molecule has 0 atom stereocenters. The minimum atomic E-state index is -0.738. The average Bonchev–Trinajstić information content (AvgIpc) is 2.76. The van der Waals surface area contributed by atoms with Gasteiger partial charge >= 0.3 is 0 Å². The molecule has 0 bridgehead atoms. The fourth-order valence-corrected chi connectivity index (χ4v) is 5.32. The molecule has 1 aromatic carbocycles. The van der Waals surface area contributed by atoms with Crippen molar-refractivity contribution in [1.29, 1.82) is 5.26 Å². The standard InChI is InChI=1S/C26H35F2NO/c1-2-15-30-23-13-11-21(12-14-23)8-7-19-3-5-20(6-4-19)9-10-22-16-25(27)24(18-29)26(28)17-22/h2,16-17,19-21,23H,1,3-15H2. The van der Waals surface area contributed by atoms with E-state index in [9.17, 15) is 8.78 Å². The second-order valence-electron chi connectivity index (χ2n) is 9.31. The highest BCUT2D eigenvalue weighted by atomic mass is 19.1. The smallest absolute Gasteiger partial charge is 0.144 e. The normalized spacial score (nSPS) is 26.8. The fraction of sp³-hybridized carbons (Fsp3) is 0.654. The quantitative estimate of drug-likeness (QED) is 0.402. The van der Waals surface area contributed by atoms with Crippen LogP contribution < -0.4 is 0 Å². The van der Waals surface area contributed by atoms with Crippen molar-refractivity contribution in [2.75, 3.05) is 6.61 Å². The first-order valence-electron chi connectivity index (χ1n) is 11.7. The molecule has 2 aliphatic rings. The first kappa shape index (κ1) is 22.9. The van der Waals surface area contributed by atoms with Crippen LogP contribution in [0.5, 0.6) is 0 Å².